The number of rotatable bonds is 4. The first kappa shape index (κ1) is 21.0. The summed E-state index contributed by atoms with van der Waals surface area (Å²) in [7, 11) is 0. The van der Waals surface area contributed by atoms with E-state index in [0.29, 0.717) is 24.0 Å². The number of nitrogens with zero attached hydrogens (tertiary/aromatic N) is 4. The molecule has 2 unspecified atom stereocenters. The van der Waals surface area contributed by atoms with Crippen molar-refractivity contribution in [2.45, 2.75) is 59.9 Å². The van der Waals surface area contributed by atoms with Gasteiger partial charge in [-0.3, -0.25) is 4.79 Å². The highest BCUT2D eigenvalue weighted by Gasteiger charge is 2.51. The van der Waals surface area contributed by atoms with Crippen LogP contribution in [0.2, 0.25) is 0 Å². The predicted octanol–water partition coefficient (Wildman–Crippen LogP) is 5.14. The van der Waals surface area contributed by atoms with Crippen molar-refractivity contribution in [3.63, 3.8) is 0 Å². The summed E-state index contributed by atoms with van der Waals surface area (Å²) in [5, 5.41) is 4.74. The van der Waals surface area contributed by atoms with E-state index < -0.39 is 0 Å². The van der Waals surface area contributed by atoms with Gasteiger partial charge < -0.3 is 9.64 Å². The van der Waals surface area contributed by atoms with Crippen LogP contribution in [0.3, 0.4) is 0 Å². The molecular weight excluding hydrogens is 400 g/mol. The topological polar surface area (TPSA) is 59.7 Å². The van der Waals surface area contributed by atoms with Crippen molar-refractivity contribution < 1.29 is 9.53 Å². The molecule has 1 saturated heterocycles. The number of amides is 1. The summed E-state index contributed by atoms with van der Waals surface area (Å²) in [6.45, 7) is 12.4. The van der Waals surface area contributed by atoms with E-state index in [1.165, 1.54) is 0 Å². The molecule has 1 saturated carbocycles. The molecule has 1 aliphatic carbocycles. The van der Waals surface area contributed by atoms with Gasteiger partial charge in [-0.1, -0.05) is 20.8 Å². The number of aromatic nitrogens is 3. The number of ether oxygens (including phenoxy) is 1. The molecule has 0 radical (unpaired) electrons. The summed E-state index contributed by atoms with van der Waals surface area (Å²) >= 11 is 0. The Morgan fingerprint density at radius 2 is 1.91 bits per heavy atom. The SMILES string of the molecule is CCOc1ccc(-c2cc(C)nc3cc(C(=O)N4CC5(C)CC4CC(C)(C)C5)nn23)cc1. The second kappa shape index (κ2) is 7.32. The van der Waals surface area contributed by atoms with E-state index in [0.717, 1.165) is 48.5 Å². The molecule has 2 fully saturated rings. The van der Waals surface area contributed by atoms with Gasteiger partial charge in [-0.2, -0.15) is 5.10 Å². The first-order valence-electron chi connectivity index (χ1n) is 11.6. The Bertz CT molecular complexity index is 1180. The Kier molecular flexibility index (Phi) is 4.80. The van der Waals surface area contributed by atoms with Gasteiger partial charge in [-0.25, -0.2) is 9.50 Å². The summed E-state index contributed by atoms with van der Waals surface area (Å²) in [6.07, 6.45) is 3.30. The Morgan fingerprint density at radius 3 is 2.62 bits per heavy atom. The highest BCUT2D eigenvalue weighted by Crippen LogP contribution is 2.52. The van der Waals surface area contributed by atoms with Gasteiger partial charge in [0.1, 0.15) is 5.75 Å². The molecule has 0 spiro atoms. The summed E-state index contributed by atoms with van der Waals surface area (Å²) in [4.78, 5) is 20.3. The van der Waals surface area contributed by atoms with Gasteiger partial charge in [0, 0.05) is 29.9 Å². The van der Waals surface area contributed by atoms with Gasteiger partial charge in [0.2, 0.25) is 0 Å². The zero-order valence-corrected chi connectivity index (χ0v) is 19.7. The third kappa shape index (κ3) is 3.65. The van der Waals surface area contributed by atoms with Crippen molar-refractivity contribution in [1.82, 2.24) is 19.5 Å². The zero-order chi connectivity index (χ0) is 22.7. The number of hydrogen-bond acceptors (Lipinski definition) is 4. The fraction of sp³-hybridized carbons (Fsp3) is 0.500. The molecule has 2 aromatic heterocycles. The smallest absolute Gasteiger partial charge is 0.274 e. The zero-order valence-electron chi connectivity index (χ0n) is 19.7. The van der Waals surface area contributed by atoms with Crippen molar-refractivity contribution in [3.8, 4) is 17.0 Å². The first-order chi connectivity index (χ1) is 15.2. The van der Waals surface area contributed by atoms with Crippen LogP contribution >= 0.6 is 0 Å². The maximum atomic E-state index is 13.6. The molecule has 5 rings (SSSR count). The molecule has 32 heavy (non-hydrogen) atoms. The Balaban J connectivity index is 1.50. The van der Waals surface area contributed by atoms with Crippen LogP contribution in [-0.2, 0) is 0 Å². The molecule has 1 amide bonds. The van der Waals surface area contributed by atoms with Crippen molar-refractivity contribution in [3.05, 3.63) is 47.8 Å². The van der Waals surface area contributed by atoms with E-state index in [9.17, 15) is 4.79 Å². The molecule has 0 N–H and O–H groups in total. The highest BCUT2D eigenvalue weighted by atomic mass is 16.5. The second-order valence-electron chi connectivity index (χ2n) is 10.7. The molecule has 3 aromatic rings. The monoisotopic (exact) mass is 432 g/mol. The third-order valence-corrected chi connectivity index (χ3v) is 6.91. The van der Waals surface area contributed by atoms with Gasteiger partial charge >= 0.3 is 0 Å². The Morgan fingerprint density at radius 1 is 1.16 bits per heavy atom. The Labute approximate surface area is 189 Å². The number of benzene rings is 1. The van der Waals surface area contributed by atoms with E-state index in [1.807, 2.05) is 50.2 Å². The number of hydrogen-bond donors (Lipinski definition) is 0. The van der Waals surface area contributed by atoms with Crippen LogP contribution in [0.1, 0.15) is 63.1 Å². The van der Waals surface area contributed by atoms with Crippen LogP contribution < -0.4 is 4.74 Å². The van der Waals surface area contributed by atoms with Crippen LogP contribution in [0.4, 0.5) is 0 Å². The second-order valence-corrected chi connectivity index (χ2v) is 10.7. The van der Waals surface area contributed by atoms with E-state index in [1.54, 1.807) is 4.52 Å². The maximum absolute atomic E-state index is 13.6. The lowest BCUT2D eigenvalue weighted by atomic mass is 9.65. The molecular formula is C26H32N4O2. The van der Waals surface area contributed by atoms with Crippen molar-refractivity contribution in [1.29, 1.82) is 0 Å². The summed E-state index contributed by atoms with van der Waals surface area (Å²) in [6, 6.07) is 12.1. The lowest BCUT2D eigenvalue weighted by Gasteiger charge is -2.39. The molecule has 1 aromatic carbocycles. The minimum absolute atomic E-state index is 0.0252. The van der Waals surface area contributed by atoms with Crippen molar-refractivity contribution in [2.75, 3.05) is 13.2 Å². The fourth-order valence-corrected chi connectivity index (χ4v) is 6.14. The molecule has 3 heterocycles. The van der Waals surface area contributed by atoms with Crippen molar-refractivity contribution >= 4 is 11.6 Å². The van der Waals surface area contributed by atoms with E-state index in [-0.39, 0.29) is 16.7 Å². The van der Waals surface area contributed by atoms with Crippen molar-refractivity contribution in [2.24, 2.45) is 10.8 Å². The van der Waals surface area contributed by atoms with Gasteiger partial charge in [-0.15, -0.1) is 0 Å². The quantitative estimate of drug-likeness (QED) is 0.572. The van der Waals surface area contributed by atoms with Crippen LogP contribution in [0.5, 0.6) is 5.75 Å². The van der Waals surface area contributed by atoms with Crippen LogP contribution in [-0.4, -0.2) is 44.6 Å². The fourth-order valence-electron chi connectivity index (χ4n) is 6.14. The normalized spacial score (nSPS) is 24.2. The minimum atomic E-state index is 0.0252. The predicted molar refractivity (Wildman–Crippen MR) is 125 cm³/mol. The standard InChI is InChI=1S/C26H32N4O2/c1-6-32-20-9-7-18(8-10-20)22-11-17(2)27-23-12-21(28-30(22)23)24(31)29-16-26(5)14-19(29)13-25(3,4)15-26/h7-12,19H,6,13-16H2,1-5H3. The molecule has 2 bridgehead atoms. The van der Waals surface area contributed by atoms with Gasteiger partial charge in [0.15, 0.2) is 11.3 Å². The van der Waals surface area contributed by atoms with Crippen LogP contribution in [0.15, 0.2) is 36.4 Å². The summed E-state index contributed by atoms with van der Waals surface area (Å²) < 4.78 is 7.37. The third-order valence-electron chi connectivity index (χ3n) is 6.91. The molecule has 2 atom stereocenters. The number of carbonyl (C=O) groups excluding carboxylic acids is 1. The molecule has 6 heteroatoms. The average molecular weight is 433 g/mol. The first-order valence-corrected chi connectivity index (χ1v) is 11.6. The average Bonchev–Trinajstić information content (AvgIpc) is 3.24. The summed E-state index contributed by atoms with van der Waals surface area (Å²) in [5.74, 6) is 0.864. The van der Waals surface area contributed by atoms with E-state index >= 15 is 0 Å². The number of likely N-dealkylation sites (tertiary alicyclic amines) is 1. The van der Waals surface area contributed by atoms with E-state index in [4.69, 9.17) is 9.84 Å². The van der Waals surface area contributed by atoms with Gasteiger partial charge in [0.05, 0.1) is 12.3 Å². The number of fused-ring (bicyclic) bond motifs is 3. The lowest BCUT2D eigenvalue weighted by Crippen LogP contribution is -2.37. The number of carbonyl (C=O) groups is 1. The maximum Gasteiger partial charge on any atom is 0.274 e. The molecule has 2 aliphatic rings. The van der Waals surface area contributed by atoms with Gasteiger partial charge in [-0.05, 0) is 74.3 Å². The molecule has 6 nitrogen and oxygen atoms in total. The summed E-state index contributed by atoms with van der Waals surface area (Å²) in [5.41, 5.74) is 4.47. The largest absolute Gasteiger partial charge is 0.494 e. The minimum Gasteiger partial charge on any atom is -0.494 e. The number of aryl methyl sites for hydroxylation is 1. The Hall–Kier alpha value is -2.89. The molecule has 1 aliphatic heterocycles. The van der Waals surface area contributed by atoms with Crippen LogP contribution in [0.25, 0.3) is 16.9 Å². The van der Waals surface area contributed by atoms with E-state index in [2.05, 4.69) is 30.7 Å². The molecule has 168 valence electrons. The lowest BCUT2D eigenvalue weighted by molar-refractivity contribution is 0.0702. The van der Waals surface area contributed by atoms with Gasteiger partial charge in [0.25, 0.3) is 5.91 Å². The van der Waals surface area contributed by atoms with Crippen LogP contribution in [0, 0.1) is 17.8 Å². The highest BCUT2D eigenvalue weighted by molar-refractivity contribution is 5.94.